The highest BCUT2D eigenvalue weighted by atomic mass is 16.5. The molecule has 2 aliphatic rings. The number of ether oxygens (including phenoxy) is 1. The smallest absolute Gasteiger partial charge is 0.135 e. The highest BCUT2D eigenvalue weighted by Crippen LogP contribution is 2.54. The molecule has 7 aromatic rings. The zero-order valence-corrected chi connectivity index (χ0v) is 19.3. The van der Waals surface area contributed by atoms with Crippen LogP contribution in [0.4, 0.5) is 0 Å². The van der Waals surface area contributed by atoms with Crippen LogP contribution in [0.5, 0.6) is 11.5 Å². The fourth-order valence-corrected chi connectivity index (χ4v) is 5.95. The summed E-state index contributed by atoms with van der Waals surface area (Å²) in [7, 11) is 0. The summed E-state index contributed by atoms with van der Waals surface area (Å²) in [6.07, 6.45) is 0. The molecule has 170 valence electrons. The van der Waals surface area contributed by atoms with Gasteiger partial charge in [0, 0.05) is 10.9 Å². The van der Waals surface area contributed by atoms with Gasteiger partial charge in [0.1, 0.15) is 11.5 Å². The van der Waals surface area contributed by atoms with E-state index >= 15 is 0 Å². The molecule has 1 aliphatic heterocycles. The standard InChI is InChI=1S/C36H20O/c1-2-12-25-23(7-1)19-30-27-14-3-8-21-9-5-15-28(33(21)27)36(30)35(25)24-17-18-31-29(20-24)26-13-4-10-22-11-6-16-32(37-31)34(22)26/h1-20H/i4D,6D,10D,11D,13D,16D,17D,18D,20D. The van der Waals surface area contributed by atoms with Crippen LogP contribution in [0.2, 0.25) is 0 Å². The monoisotopic (exact) mass is 477 g/mol. The minimum Gasteiger partial charge on any atom is -0.456 e. The molecule has 1 nitrogen and oxygen atoms in total. The van der Waals surface area contributed by atoms with E-state index in [4.69, 9.17) is 13.0 Å². The summed E-state index contributed by atoms with van der Waals surface area (Å²) in [5, 5.41) is 3.70. The van der Waals surface area contributed by atoms with E-state index in [0.717, 1.165) is 43.8 Å². The van der Waals surface area contributed by atoms with E-state index in [2.05, 4.69) is 12.1 Å². The Balaban J connectivity index is 1.49. The van der Waals surface area contributed by atoms with Gasteiger partial charge in [-0.15, -0.1) is 0 Å². The fourth-order valence-electron chi connectivity index (χ4n) is 5.95. The average Bonchev–Trinajstić information content (AvgIpc) is 3.38. The summed E-state index contributed by atoms with van der Waals surface area (Å²) in [5.41, 5.74) is 4.53. The quantitative estimate of drug-likeness (QED) is 0.228. The van der Waals surface area contributed by atoms with Crippen LogP contribution in [0.15, 0.2) is 121 Å². The van der Waals surface area contributed by atoms with Crippen LogP contribution in [-0.4, -0.2) is 0 Å². The molecule has 1 heterocycles. The summed E-state index contributed by atoms with van der Waals surface area (Å²) in [6, 6.07) is 18.4. The maximum absolute atomic E-state index is 9.71. The van der Waals surface area contributed by atoms with Gasteiger partial charge in [-0.05, 0) is 90.1 Å². The van der Waals surface area contributed by atoms with Crippen LogP contribution < -0.4 is 4.74 Å². The molecule has 0 atom stereocenters. The van der Waals surface area contributed by atoms with Crippen molar-refractivity contribution in [2.45, 2.75) is 0 Å². The summed E-state index contributed by atoms with van der Waals surface area (Å²) in [4.78, 5) is 0. The largest absolute Gasteiger partial charge is 0.456 e. The Morgan fingerprint density at radius 3 is 2.24 bits per heavy atom. The molecular weight excluding hydrogens is 448 g/mol. The van der Waals surface area contributed by atoms with Crippen molar-refractivity contribution >= 4 is 32.3 Å². The van der Waals surface area contributed by atoms with Gasteiger partial charge in [-0.2, -0.15) is 0 Å². The van der Waals surface area contributed by atoms with Crippen molar-refractivity contribution in [3.05, 3.63) is 121 Å². The third-order valence-corrected chi connectivity index (χ3v) is 7.46. The van der Waals surface area contributed by atoms with E-state index in [1.807, 2.05) is 54.6 Å². The molecule has 0 saturated carbocycles. The van der Waals surface area contributed by atoms with Crippen molar-refractivity contribution in [3.8, 4) is 56.0 Å². The highest BCUT2D eigenvalue weighted by molar-refractivity contribution is 6.22. The van der Waals surface area contributed by atoms with Crippen molar-refractivity contribution < 1.29 is 17.1 Å². The van der Waals surface area contributed by atoms with Gasteiger partial charge in [0.2, 0.25) is 0 Å². The summed E-state index contributed by atoms with van der Waals surface area (Å²) < 4.78 is 85.9. The fraction of sp³-hybridized carbons (Fsp3) is 0. The van der Waals surface area contributed by atoms with E-state index in [9.17, 15) is 4.11 Å². The van der Waals surface area contributed by atoms with Crippen LogP contribution in [0.25, 0.3) is 76.8 Å². The zero-order chi connectivity index (χ0) is 31.9. The summed E-state index contributed by atoms with van der Waals surface area (Å²) >= 11 is 0. The lowest BCUT2D eigenvalue weighted by Crippen LogP contribution is -1.97. The molecule has 0 fully saturated rings. The second-order valence-electron chi connectivity index (χ2n) is 9.36. The van der Waals surface area contributed by atoms with Crippen LogP contribution >= 0.6 is 0 Å². The molecule has 0 aromatic heterocycles. The third-order valence-electron chi connectivity index (χ3n) is 7.46. The van der Waals surface area contributed by atoms with Crippen LogP contribution in [0.1, 0.15) is 12.3 Å². The molecule has 37 heavy (non-hydrogen) atoms. The second kappa shape index (κ2) is 6.87. The Hall–Kier alpha value is -4.88. The lowest BCUT2D eigenvalue weighted by molar-refractivity contribution is 0.487. The van der Waals surface area contributed by atoms with Gasteiger partial charge < -0.3 is 4.74 Å². The Kier molecular flexibility index (Phi) is 2.39. The van der Waals surface area contributed by atoms with Gasteiger partial charge in [0.05, 0.1) is 12.3 Å². The van der Waals surface area contributed by atoms with Crippen molar-refractivity contribution in [1.29, 1.82) is 0 Å². The SMILES string of the molecule is [2H]c1c([2H])c(-c2c3c(cc4ccccc24)-c2cccc4cccc-3c24)c([2H])c2c1Oc1c([2H])c([2H])c([2H])c3c([2H])c([2H])c([2H])c-2c13. The number of hydrogen-bond donors (Lipinski definition) is 0. The third kappa shape index (κ3) is 2.48. The van der Waals surface area contributed by atoms with E-state index < -0.39 is 36.3 Å². The van der Waals surface area contributed by atoms with Crippen molar-refractivity contribution in [2.75, 3.05) is 0 Å². The van der Waals surface area contributed by atoms with Crippen LogP contribution in [0.3, 0.4) is 0 Å². The zero-order valence-electron chi connectivity index (χ0n) is 28.3. The first kappa shape index (κ1) is 12.9. The van der Waals surface area contributed by atoms with Crippen molar-refractivity contribution in [1.82, 2.24) is 0 Å². The Labute approximate surface area is 226 Å². The maximum Gasteiger partial charge on any atom is 0.135 e. The number of hydrogen-bond acceptors (Lipinski definition) is 1. The van der Waals surface area contributed by atoms with E-state index in [0.29, 0.717) is 5.56 Å². The molecule has 0 radical (unpaired) electrons. The minimum atomic E-state index is -0.511. The maximum atomic E-state index is 9.71. The highest BCUT2D eigenvalue weighted by Gasteiger charge is 2.27. The van der Waals surface area contributed by atoms with E-state index in [-0.39, 0.29) is 57.1 Å². The van der Waals surface area contributed by atoms with Gasteiger partial charge in [-0.3, -0.25) is 0 Å². The molecule has 7 aromatic carbocycles. The first-order chi connectivity index (χ1) is 22.1. The van der Waals surface area contributed by atoms with E-state index in [1.165, 1.54) is 0 Å². The molecule has 0 bridgehead atoms. The molecule has 1 aliphatic carbocycles. The van der Waals surface area contributed by atoms with Gasteiger partial charge in [0.15, 0.2) is 0 Å². The average molecular weight is 478 g/mol. The van der Waals surface area contributed by atoms with E-state index in [1.54, 1.807) is 0 Å². The second-order valence-corrected chi connectivity index (χ2v) is 9.36. The lowest BCUT2D eigenvalue weighted by Gasteiger charge is -2.23. The van der Waals surface area contributed by atoms with Gasteiger partial charge in [-0.1, -0.05) is 96.9 Å². The molecular formula is C36H20O. The van der Waals surface area contributed by atoms with Gasteiger partial charge >= 0.3 is 0 Å². The van der Waals surface area contributed by atoms with Crippen LogP contribution in [-0.2, 0) is 0 Å². The molecule has 0 amide bonds. The molecule has 9 rings (SSSR count). The Morgan fingerprint density at radius 1 is 0.514 bits per heavy atom. The van der Waals surface area contributed by atoms with Crippen molar-refractivity contribution in [3.63, 3.8) is 0 Å². The van der Waals surface area contributed by atoms with Gasteiger partial charge in [0.25, 0.3) is 0 Å². The van der Waals surface area contributed by atoms with Crippen molar-refractivity contribution in [2.24, 2.45) is 0 Å². The number of rotatable bonds is 1. The molecule has 0 saturated heterocycles. The molecule has 1 heteroatoms. The first-order valence-corrected chi connectivity index (χ1v) is 12.1. The first-order valence-electron chi connectivity index (χ1n) is 16.6. The Bertz CT molecular complexity index is 2600. The Morgan fingerprint density at radius 2 is 1.32 bits per heavy atom. The topological polar surface area (TPSA) is 9.23 Å². The molecule has 0 unspecified atom stereocenters. The van der Waals surface area contributed by atoms with Crippen LogP contribution in [0, 0.1) is 0 Å². The normalized spacial score (nSPS) is 15.9. The molecule has 0 spiro atoms. The number of fused-ring (bicyclic) bond motifs is 6. The summed E-state index contributed by atoms with van der Waals surface area (Å²) in [5.74, 6) is -0.431. The molecule has 0 N–H and O–H groups in total. The lowest BCUT2D eigenvalue weighted by atomic mass is 9.86. The minimum absolute atomic E-state index is 0.000987. The number of benzene rings is 7. The predicted molar refractivity (Wildman–Crippen MR) is 154 cm³/mol. The predicted octanol–water partition coefficient (Wildman–Crippen LogP) is 10.2. The van der Waals surface area contributed by atoms with Gasteiger partial charge in [-0.25, -0.2) is 0 Å². The summed E-state index contributed by atoms with van der Waals surface area (Å²) in [6.45, 7) is 0.